The van der Waals surface area contributed by atoms with Gasteiger partial charge >= 0.3 is 0 Å². The number of nitrogens with zero attached hydrogens (tertiary/aromatic N) is 2. The lowest BCUT2D eigenvalue weighted by Crippen LogP contribution is -2.46. The van der Waals surface area contributed by atoms with Crippen LogP contribution in [-0.4, -0.2) is 33.9 Å². The molecule has 0 bridgehead atoms. The van der Waals surface area contributed by atoms with Gasteiger partial charge in [0, 0.05) is 18.5 Å². The molecule has 164 valence electrons. The largest absolute Gasteiger partial charge is 0.337 e. The number of anilines is 3. The third-order valence-electron chi connectivity index (χ3n) is 6.08. The van der Waals surface area contributed by atoms with E-state index < -0.39 is 29.1 Å². The first-order chi connectivity index (χ1) is 14.7. The van der Waals surface area contributed by atoms with E-state index in [0.29, 0.717) is 11.5 Å². The van der Waals surface area contributed by atoms with Gasteiger partial charge in [0.15, 0.2) is 0 Å². The highest BCUT2D eigenvalue weighted by molar-refractivity contribution is 6.04. The van der Waals surface area contributed by atoms with Crippen LogP contribution in [0, 0.1) is 12.7 Å². The minimum absolute atomic E-state index is 0.0000980. The summed E-state index contributed by atoms with van der Waals surface area (Å²) in [5.74, 6) is -2.21. The van der Waals surface area contributed by atoms with Gasteiger partial charge < -0.3 is 15.5 Å². The second-order valence-electron chi connectivity index (χ2n) is 8.47. The van der Waals surface area contributed by atoms with Crippen molar-refractivity contribution in [2.45, 2.75) is 64.5 Å². The van der Waals surface area contributed by atoms with Crippen LogP contribution < -0.4 is 21.1 Å². The summed E-state index contributed by atoms with van der Waals surface area (Å²) in [6.07, 6.45) is 2.84. The van der Waals surface area contributed by atoms with E-state index in [4.69, 9.17) is 0 Å². The summed E-state index contributed by atoms with van der Waals surface area (Å²) in [5.41, 5.74) is 0.326. The fourth-order valence-corrected chi connectivity index (χ4v) is 4.49. The molecular formula is C22H26FN5O3. The predicted octanol–water partition coefficient (Wildman–Crippen LogP) is 3.05. The zero-order valence-corrected chi connectivity index (χ0v) is 17.8. The summed E-state index contributed by atoms with van der Waals surface area (Å²) < 4.78 is 14.2. The van der Waals surface area contributed by atoms with Crippen molar-refractivity contribution in [1.82, 2.24) is 9.97 Å². The van der Waals surface area contributed by atoms with Crippen molar-refractivity contribution in [2.75, 3.05) is 15.5 Å². The van der Waals surface area contributed by atoms with Crippen LogP contribution >= 0.6 is 0 Å². The van der Waals surface area contributed by atoms with Crippen LogP contribution in [0.3, 0.4) is 0 Å². The molecular weight excluding hydrogens is 401 g/mol. The Morgan fingerprint density at radius 1 is 1.23 bits per heavy atom. The zero-order valence-electron chi connectivity index (χ0n) is 17.8. The molecule has 2 aliphatic heterocycles. The van der Waals surface area contributed by atoms with Crippen LogP contribution in [-0.2, 0) is 9.59 Å². The fraction of sp³-hybridized carbons (Fsp3) is 0.455. The summed E-state index contributed by atoms with van der Waals surface area (Å²) in [4.78, 5) is 47.6. The summed E-state index contributed by atoms with van der Waals surface area (Å²) >= 11 is 0. The molecule has 4 rings (SSSR count). The Morgan fingerprint density at radius 3 is 2.61 bits per heavy atom. The van der Waals surface area contributed by atoms with Crippen molar-refractivity contribution >= 4 is 29.3 Å². The molecule has 2 aliphatic rings. The Kier molecular flexibility index (Phi) is 5.51. The van der Waals surface area contributed by atoms with Gasteiger partial charge in [-0.25, -0.2) is 4.39 Å². The molecule has 31 heavy (non-hydrogen) atoms. The van der Waals surface area contributed by atoms with E-state index in [0.717, 1.165) is 19.3 Å². The lowest BCUT2D eigenvalue weighted by molar-refractivity contribution is -0.123. The van der Waals surface area contributed by atoms with Crippen molar-refractivity contribution < 1.29 is 14.0 Å². The molecule has 1 aromatic carbocycles. The van der Waals surface area contributed by atoms with Gasteiger partial charge in [-0.1, -0.05) is 6.07 Å². The maximum atomic E-state index is 14.2. The quantitative estimate of drug-likeness (QED) is 0.698. The Bertz CT molecular complexity index is 1090. The molecule has 0 unspecified atom stereocenters. The number of aromatic amines is 1. The molecule has 0 aliphatic carbocycles. The van der Waals surface area contributed by atoms with E-state index in [9.17, 15) is 18.8 Å². The molecule has 8 nitrogen and oxygen atoms in total. The van der Waals surface area contributed by atoms with Crippen LogP contribution in [0.2, 0.25) is 0 Å². The number of piperidine rings is 1. The number of amides is 2. The van der Waals surface area contributed by atoms with Gasteiger partial charge in [-0.15, -0.1) is 0 Å². The van der Waals surface area contributed by atoms with E-state index in [1.54, 1.807) is 13.0 Å². The third-order valence-corrected chi connectivity index (χ3v) is 6.08. The van der Waals surface area contributed by atoms with Crippen LogP contribution in [0.1, 0.15) is 56.6 Å². The van der Waals surface area contributed by atoms with Crippen LogP contribution in [0.25, 0.3) is 0 Å². The molecule has 0 saturated carbocycles. The molecule has 3 atom stereocenters. The number of hydrogen-bond acceptors (Lipinski definition) is 5. The number of nitrogens with one attached hydrogen (secondary N) is 3. The summed E-state index contributed by atoms with van der Waals surface area (Å²) in [6, 6.07) is 4.80. The number of aromatic nitrogens is 2. The van der Waals surface area contributed by atoms with Crippen molar-refractivity contribution in [3.63, 3.8) is 0 Å². The number of halogens is 1. The van der Waals surface area contributed by atoms with E-state index >= 15 is 0 Å². The lowest BCUT2D eigenvalue weighted by Gasteiger charge is -2.39. The highest BCUT2D eigenvalue weighted by Gasteiger charge is 2.36. The average molecular weight is 427 g/mol. The zero-order chi connectivity index (χ0) is 22.3. The number of hydrogen-bond donors (Lipinski definition) is 3. The molecule has 9 heteroatoms. The van der Waals surface area contributed by atoms with Gasteiger partial charge in [-0.05, 0) is 57.7 Å². The Hall–Kier alpha value is -3.23. The number of benzene rings is 1. The molecule has 0 spiro atoms. The van der Waals surface area contributed by atoms with E-state index in [2.05, 4.69) is 34.4 Å². The monoisotopic (exact) mass is 427 g/mol. The number of carbonyl (C=O) groups is 2. The standard InChI is InChI=1S/C22H26FN5O3/c1-11-7-8-16(15(23)9-11)24-20(30)14-10-17(29)25-19-18(14)21(31)27-22(26-19)28-12(2)5-4-6-13(28)3/h7-9,12-14H,4-6,10H2,1-3H3,(H,24,30)(H2,25,26,27,29,31)/t12-,13+,14-/m1/s1. The Labute approximate surface area is 179 Å². The lowest BCUT2D eigenvalue weighted by atomic mass is 9.92. The highest BCUT2D eigenvalue weighted by Crippen LogP contribution is 2.32. The number of carbonyl (C=O) groups excluding carboxylic acids is 2. The van der Waals surface area contributed by atoms with Crippen molar-refractivity contribution in [1.29, 1.82) is 0 Å². The first kappa shape index (κ1) is 21.0. The summed E-state index contributed by atoms with van der Waals surface area (Å²) in [5, 5.41) is 5.13. The van der Waals surface area contributed by atoms with Crippen LogP contribution in [0.15, 0.2) is 23.0 Å². The van der Waals surface area contributed by atoms with E-state index in [1.807, 2.05) is 4.90 Å². The second-order valence-corrected chi connectivity index (χ2v) is 8.47. The first-order valence-electron chi connectivity index (χ1n) is 10.5. The molecule has 2 amide bonds. The smallest absolute Gasteiger partial charge is 0.258 e. The minimum Gasteiger partial charge on any atom is -0.337 e. The van der Waals surface area contributed by atoms with Gasteiger partial charge in [0.2, 0.25) is 17.8 Å². The molecule has 3 heterocycles. The normalized spacial score (nSPS) is 23.2. The van der Waals surface area contributed by atoms with Gasteiger partial charge in [-0.2, -0.15) is 4.98 Å². The number of aryl methyl sites for hydroxylation is 1. The molecule has 2 aromatic rings. The SMILES string of the molecule is Cc1ccc(NC(=O)[C@@H]2CC(=O)Nc3nc(N4[C@H](C)CCC[C@@H]4C)[nH]c(=O)c32)c(F)c1. The average Bonchev–Trinajstić information content (AvgIpc) is 2.69. The topological polar surface area (TPSA) is 107 Å². The number of fused-ring (bicyclic) bond motifs is 1. The Morgan fingerprint density at radius 2 is 1.94 bits per heavy atom. The van der Waals surface area contributed by atoms with Crippen LogP contribution in [0.4, 0.5) is 21.8 Å². The van der Waals surface area contributed by atoms with E-state index in [1.165, 1.54) is 12.1 Å². The van der Waals surface area contributed by atoms with Crippen molar-refractivity contribution in [3.05, 3.63) is 45.5 Å². The number of H-pyrrole nitrogens is 1. The molecule has 3 N–H and O–H groups in total. The van der Waals surface area contributed by atoms with Crippen molar-refractivity contribution in [3.8, 4) is 0 Å². The van der Waals surface area contributed by atoms with Gasteiger partial charge in [0.05, 0.1) is 17.2 Å². The van der Waals surface area contributed by atoms with E-state index in [-0.39, 0.29) is 35.6 Å². The molecule has 0 radical (unpaired) electrons. The second kappa shape index (κ2) is 8.13. The summed E-state index contributed by atoms with van der Waals surface area (Å²) in [6.45, 7) is 5.88. The predicted molar refractivity (Wildman–Crippen MR) is 116 cm³/mol. The Balaban J connectivity index is 1.68. The summed E-state index contributed by atoms with van der Waals surface area (Å²) in [7, 11) is 0. The molecule has 1 aromatic heterocycles. The molecule has 1 saturated heterocycles. The molecule has 1 fully saturated rings. The fourth-order valence-electron chi connectivity index (χ4n) is 4.49. The maximum absolute atomic E-state index is 14.2. The van der Waals surface area contributed by atoms with Gasteiger partial charge in [0.1, 0.15) is 11.6 Å². The van der Waals surface area contributed by atoms with Gasteiger partial charge in [0.25, 0.3) is 5.56 Å². The van der Waals surface area contributed by atoms with Crippen LogP contribution in [0.5, 0.6) is 0 Å². The van der Waals surface area contributed by atoms with Crippen molar-refractivity contribution in [2.24, 2.45) is 0 Å². The first-order valence-corrected chi connectivity index (χ1v) is 10.5. The third kappa shape index (κ3) is 4.04. The maximum Gasteiger partial charge on any atom is 0.258 e. The minimum atomic E-state index is -1.06. The number of rotatable bonds is 3. The van der Waals surface area contributed by atoms with Gasteiger partial charge in [-0.3, -0.25) is 19.4 Å². The highest BCUT2D eigenvalue weighted by atomic mass is 19.1.